The lowest BCUT2D eigenvalue weighted by Gasteiger charge is -2.44. The number of nitrogens with zero attached hydrogens (tertiary/aromatic N) is 1. The van der Waals surface area contributed by atoms with E-state index in [1.165, 1.54) is 54.4 Å². The Balaban J connectivity index is 2.11. The van der Waals surface area contributed by atoms with Crippen molar-refractivity contribution in [2.45, 2.75) is 52.5 Å². The highest BCUT2D eigenvalue weighted by Gasteiger charge is 2.33. The fraction of sp³-hybridized carbons (Fsp3) is 0.667. The third kappa shape index (κ3) is 3.69. The van der Waals surface area contributed by atoms with E-state index in [0.717, 1.165) is 0 Å². The molecule has 1 atom stereocenters. The van der Waals surface area contributed by atoms with Gasteiger partial charge < -0.3 is 5.73 Å². The molecule has 0 amide bonds. The second kappa shape index (κ2) is 7.26. The molecule has 2 N–H and O–H groups in total. The standard InChI is InChI=1S/C18H29BrN2/c1-4-18(5-2)8-10-21(11-9-18)17(13-20)15-6-7-16(19)14(3)12-15/h6-7,12,17H,4-5,8-11,13,20H2,1-3H3. The summed E-state index contributed by atoms with van der Waals surface area (Å²) in [6.45, 7) is 9.90. The van der Waals surface area contributed by atoms with Crippen LogP contribution in [-0.2, 0) is 0 Å². The monoisotopic (exact) mass is 352 g/mol. The fourth-order valence-corrected chi connectivity index (χ4v) is 3.88. The number of hydrogen-bond donors (Lipinski definition) is 1. The van der Waals surface area contributed by atoms with Crippen molar-refractivity contribution in [2.75, 3.05) is 19.6 Å². The van der Waals surface area contributed by atoms with E-state index in [2.05, 4.69) is 59.8 Å². The van der Waals surface area contributed by atoms with Crippen LogP contribution in [0.25, 0.3) is 0 Å². The summed E-state index contributed by atoms with van der Waals surface area (Å²) in [5, 5.41) is 0. The number of aryl methyl sites for hydroxylation is 1. The number of hydrogen-bond acceptors (Lipinski definition) is 2. The van der Waals surface area contributed by atoms with Crippen LogP contribution in [0.1, 0.15) is 56.7 Å². The summed E-state index contributed by atoms with van der Waals surface area (Å²) in [5.41, 5.74) is 9.33. The van der Waals surface area contributed by atoms with E-state index in [9.17, 15) is 0 Å². The molecule has 2 rings (SSSR count). The first-order valence-corrected chi connectivity index (χ1v) is 9.04. The lowest BCUT2D eigenvalue weighted by atomic mass is 9.74. The van der Waals surface area contributed by atoms with Gasteiger partial charge in [-0.25, -0.2) is 0 Å². The number of benzene rings is 1. The number of rotatable bonds is 5. The number of nitrogens with two attached hydrogens (primary N) is 1. The van der Waals surface area contributed by atoms with Gasteiger partial charge in [-0.1, -0.05) is 54.8 Å². The van der Waals surface area contributed by atoms with Crippen molar-refractivity contribution < 1.29 is 0 Å². The summed E-state index contributed by atoms with van der Waals surface area (Å²) < 4.78 is 1.18. The predicted molar refractivity (Wildman–Crippen MR) is 94.5 cm³/mol. The Morgan fingerprint density at radius 1 is 1.24 bits per heavy atom. The zero-order valence-electron chi connectivity index (χ0n) is 13.7. The molecule has 118 valence electrons. The van der Waals surface area contributed by atoms with Gasteiger partial charge in [0.15, 0.2) is 0 Å². The zero-order valence-corrected chi connectivity index (χ0v) is 15.2. The Kier molecular flexibility index (Phi) is 5.87. The van der Waals surface area contributed by atoms with Crippen LogP contribution >= 0.6 is 15.9 Å². The normalized spacial score (nSPS) is 20.4. The quantitative estimate of drug-likeness (QED) is 0.834. The zero-order chi connectivity index (χ0) is 15.5. The number of halogens is 1. The largest absolute Gasteiger partial charge is 0.329 e. The van der Waals surface area contributed by atoms with Gasteiger partial charge in [0.1, 0.15) is 0 Å². The number of piperidine rings is 1. The topological polar surface area (TPSA) is 29.3 Å². The van der Waals surface area contributed by atoms with Crippen molar-refractivity contribution in [1.29, 1.82) is 0 Å². The summed E-state index contributed by atoms with van der Waals surface area (Å²) in [4.78, 5) is 2.59. The van der Waals surface area contributed by atoms with Gasteiger partial charge in [0.25, 0.3) is 0 Å². The van der Waals surface area contributed by atoms with E-state index >= 15 is 0 Å². The molecule has 0 saturated carbocycles. The molecule has 1 aromatic carbocycles. The van der Waals surface area contributed by atoms with Gasteiger partial charge >= 0.3 is 0 Å². The van der Waals surface area contributed by atoms with E-state index < -0.39 is 0 Å². The van der Waals surface area contributed by atoms with Crippen LogP contribution in [-0.4, -0.2) is 24.5 Å². The lowest BCUT2D eigenvalue weighted by molar-refractivity contribution is 0.0679. The minimum atomic E-state index is 0.364. The van der Waals surface area contributed by atoms with Gasteiger partial charge in [0, 0.05) is 17.1 Å². The molecule has 2 nitrogen and oxygen atoms in total. The minimum Gasteiger partial charge on any atom is -0.329 e. The first-order valence-electron chi connectivity index (χ1n) is 8.25. The van der Waals surface area contributed by atoms with E-state index in [0.29, 0.717) is 18.0 Å². The molecule has 1 aliphatic heterocycles. The van der Waals surface area contributed by atoms with Crippen molar-refractivity contribution in [3.63, 3.8) is 0 Å². The Hall–Kier alpha value is -0.380. The van der Waals surface area contributed by atoms with Crippen LogP contribution in [0, 0.1) is 12.3 Å². The molecule has 1 aromatic rings. The lowest BCUT2D eigenvalue weighted by Crippen LogP contribution is -2.43. The molecule has 0 radical (unpaired) electrons. The second-order valence-corrected chi connectivity index (χ2v) is 7.36. The van der Waals surface area contributed by atoms with E-state index in [1.54, 1.807) is 0 Å². The molecule has 1 heterocycles. The molecule has 0 spiro atoms. The van der Waals surface area contributed by atoms with Crippen molar-refractivity contribution >= 4 is 15.9 Å². The van der Waals surface area contributed by atoms with Crippen LogP contribution in [0.4, 0.5) is 0 Å². The Bertz CT molecular complexity index is 458. The van der Waals surface area contributed by atoms with Gasteiger partial charge in [-0.05, 0) is 55.5 Å². The number of likely N-dealkylation sites (tertiary alicyclic amines) is 1. The van der Waals surface area contributed by atoms with Crippen molar-refractivity contribution in [2.24, 2.45) is 11.1 Å². The van der Waals surface area contributed by atoms with Crippen molar-refractivity contribution in [3.05, 3.63) is 33.8 Å². The summed E-state index contributed by atoms with van der Waals surface area (Å²) in [6, 6.07) is 7.02. The maximum absolute atomic E-state index is 6.10. The second-order valence-electron chi connectivity index (χ2n) is 6.50. The molecule has 1 unspecified atom stereocenters. The third-order valence-electron chi connectivity index (χ3n) is 5.59. The summed E-state index contributed by atoms with van der Waals surface area (Å²) in [5.74, 6) is 0. The van der Waals surface area contributed by atoms with Crippen LogP contribution < -0.4 is 5.73 Å². The van der Waals surface area contributed by atoms with Crippen LogP contribution in [0.2, 0.25) is 0 Å². The summed E-state index contributed by atoms with van der Waals surface area (Å²) in [6.07, 6.45) is 5.24. The maximum Gasteiger partial charge on any atom is 0.0470 e. The van der Waals surface area contributed by atoms with Gasteiger partial charge in [-0.15, -0.1) is 0 Å². The van der Waals surface area contributed by atoms with Gasteiger partial charge in [-0.2, -0.15) is 0 Å². The first-order chi connectivity index (χ1) is 10.0. The molecular weight excluding hydrogens is 324 g/mol. The molecule has 1 fully saturated rings. The van der Waals surface area contributed by atoms with E-state index in [-0.39, 0.29) is 0 Å². The molecule has 0 bridgehead atoms. The predicted octanol–water partition coefficient (Wildman–Crippen LogP) is 4.66. The van der Waals surface area contributed by atoms with Crippen LogP contribution in [0.15, 0.2) is 22.7 Å². The van der Waals surface area contributed by atoms with Crippen molar-refractivity contribution in [3.8, 4) is 0 Å². The highest BCUT2D eigenvalue weighted by atomic mass is 79.9. The molecular formula is C18H29BrN2. The average Bonchev–Trinajstić information content (AvgIpc) is 2.52. The van der Waals surface area contributed by atoms with E-state index in [1.807, 2.05) is 0 Å². The minimum absolute atomic E-state index is 0.364. The molecule has 0 aromatic heterocycles. The SMILES string of the molecule is CCC1(CC)CCN(C(CN)c2ccc(Br)c(C)c2)CC1. The highest BCUT2D eigenvalue weighted by Crippen LogP contribution is 2.40. The molecule has 1 saturated heterocycles. The van der Waals surface area contributed by atoms with Gasteiger partial charge in [0.2, 0.25) is 0 Å². The highest BCUT2D eigenvalue weighted by molar-refractivity contribution is 9.10. The molecule has 0 aliphatic carbocycles. The smallest absolute Gasteiger partial charge is 0.0470 e. The molecule has 21 heavy (non-hydrogen) atoms. The Labute approximate surface area is 138 Å². The Morgan fingerprint density at radius 2 is 1.86 bits per heavy atom. The van der Waals surface area contributed by atoms with Gasteiger partial charge in [-0.3, -0.25) is 4.90 Å². The first kappa shape index (κ1) is 17.0. The fourth-order valence-electron chi connectivity index (χ4n) is 3.64. The third-order valence-corrected chi connectivity index (χ3v) is 6.48. The molecule has 1 aliphatic rings. The Morgan fingerprint density at radius 3 is 2.33 bits per heavy atom. The van der Waals surface area contributed by atoms with Crippen LogP contribution in [0.5, 0.6) is 0 Å². The average molecular weight is 353 g/mol. The van der Waals surface area contributed by atoms with Crippen molar-refractivity contribution in [1.82, 2.24) is 4.90 Å². The molecule has 3 heteroatoms. The summed E-state index contributed by atoms with van der Waals surface area (Å²) in [7, 11) is 0. The van der Waals surface area contributed by atoms with Gasteiger partial charge in [0.05, 0.1) is 0 Å². The maximum atomic E-state index is 6.10. The summed E-state index contributed by atoms with van der Waals surface area (Å²) >= 11 is 3.59. The van der Waals surface area contributed by atoms with E-state index in [4.69, 9.17) is 5.73 Å². The van der Waals surface area contributed by atoms with Crippen LogP contribution in [0.3, 0.4) is 0 Å².